The molecular formula is C14H20N2O5S. The molecule has 0 saturated carbocycles. The summed E-state index contributed by atoms with van der Waals surface area (Å²) in [4.78, 5) is 23.0. The molecule has 0 aliphatic carbocycles. The van der Waals surface area contributed by atoms with E-state index in [0.717, 1.165) is 0 Å². The van der Waals surface area contributed by atoms with Gasteiger partial charge in [0.25, 0.3) is 5.91 Å². The molecule has 1 unspecified atom stereocenters. The topological polar surface area (TPSA) is 113 Å². The molecule has 8 heteroatoms. The molecule has 1 amide bonds. The van der Waals surface area contributed by atoms with Crippen molar-refractivity contribution >= 4 is 21.9 Å². The maximum atomic E-state index is 12.0. The van der Waals surface area contributed by atoms with Crippen LogP contribution in [-0.2, 0) is 14.8 Å². The Morgan fingerprint density at radius 2 is 1.77 bits per heavy atom. The standard InChI is InChI=1S/C14H20N2O5S/c1-3-5-12(14(18)19)16-13(17)10-6-8-11(9-7-10)22(20,21)15-4-2/h6-9,12,15H,3-5H2,1-2H3,(H,16,17)(H,18,19). The van der Waals surface area contributed by atoms with Crippen LogP contribution in [0.4, 0.5) is 0 Å². The van der Waals surface area contributed by atoms with Gasteiger partial charge in [0.1, 0.15) is 6.04 Å². The molecule has 0 aromatic heterocycles. The van der Waals surface area contributed by atoms with Gasteiger partial charge in [0.2, 0.25) is 10.0 Å². The predicted molar refractivity (Wildman–Crippen MR) is 81.1 cm³/mol. The van der Waals surface area contributed by atoms with Crippen LogP contribution < -0.4 is 10.0 Å². The van der Waals surface area contributed by atoms with E-state index < -0.39 is 27.9 Å². The number of hydrogen-bond acceptors (Lipinski definition) is 4. The van der Waals surface area contributed by atoms with E-state index in [9.17, 15) is 18.0 Å². The van der Waals surface area contributed by atoms with E-state index in [1.807, 2.05) is 6.92 Å². The summed E-state index contributed by atoms with van der Waals surface area (Å²) in [6.07, 6.45) is 0.949. The number of amides is 1. The van der Waals surface area contributed by atoms with Crippen LogP contribution in [0.2, 0.25) is 0 Å². The van der Waals surface area contributed by atoms with E-state index in [0.29, 0.717) is 12.8 Å². The predicted octanol–water partition coefficient (Wildman–Crippen LogP) is 0.968. The lowest BCUT2D eigenvalue weighted by molar-refractivity contribution is -0.139. The molecule has 22 heavy (non-hydrogen) atoms. The number of benzene rings is 1. The minimum Gasteiger partial charge on any atom is -0.480 e. The van der Waals surface area contributed by atoms with Crippen LogP contribution in [0.3, 0.4) is 0 Å². The van der Waals surface area contributed by atoms with Gasteiger partial charge in [0.15, 0.2) is 0 Å². The van der Waals surface area contributed by atoms with Gasteiger partial charge >= 0.3 is 5.97 Å². The fourth-order valence-electron chi connectivity index (χ4n) is 1.85. The molecule has 122 valence electrons. The van der Waals surface area contributed by atoms with Crippen molar-refractivity contribution in [3.8, 4) is 0 Å². The molecular weight excluding hydrogens is 308 g/mol. The average Bonchev–Trinajstić information content (AvgIpc) is 2.46. The van der Waals surface area contributed by atoms with Crippen LogP contribution in [0, 0.1) is 0 Å². The normalized spacial score (nSPS) is 12.6. The van der Waals surface area contributed by atoms with Crippen LogP contribution in [0.25, 0.3) is 0 Å². The van der Waals surface area contributed by atoms with Crippen LogP contribution >= 0.6 is 0 Å². The van der Waals surface area contributed by atoms with Crippen molar-refractivity contribution in [2.75, 3.05) is 6.54 Å². The lowest BCUT2D eigenvalue weighted by Crippen LogP contribution is -2.40. The molecule has 0 aliphatic heterocycles. The van der Waals surface area contributed by atoms with Crippen LogP contribution in [0.15, 0.2) is 29.2 Å². The van der Waals surface area contributed by atoms with Gasteiger partial charge in [0.05, 0.1) is 4.90 Å². The highest BCUT2D eigenvalue weighted by atomic mass is 32.2. The number of carbonyl (C=O) groups excluding carboxylic acids is 1. The number of rotatable bonds is 8. The second-order valence-corrected chi connectivity index (χ2v) is 6.45. The lowest BCUT2D eigenvalue weighted by Gasteiger charge is -2.13. The number of sulfonamides is 1. The fraction of sp³-hybridized carbons (Fsp3) is 0.429. The fourth-order valence-corrected chi connectivity index (χ4v) is 2.89. The van der Waals surface area contributed by atoms with Crippen molar-refractivity contribution in [3.05, 3.63) is 29.8 Å². The summed E-state index contributed by atoms with van der Waals surface area (Å²) in [7, 11) is -3.57. The van der Waals surface area contributed by atoms with Gasteiger partial charge in [-0.2, -0.15) is 0 Å². The molecule has 0 saturated heterocycles. The zero-order chi connectivity index (χ0) is 16.8. The minimum atomic E-state index is -3.57. The second kappa shape index (κ2) is 7.90. The van der Waals surface area contributed by atoms with Crippen molar-refractivity contribution < 1.29 is 23.1 Å². The molecule has 3 N–H and O–H groups in total. The SMILES string of the molecule is CCCC(NC(=O)c1ccc(S(=O)(=O)NCC)cc1)C(=O)O. The van der Waals surface area contributed by atoms with Gasteiger partial charge in [-0.15, -0.1) is 0 Å². The van der Waals surface area contributed by atoms with Crippen LogP contribution in [0.1, 0.15) is 37.0 Å². The van der Waals surface area contributed by atoms with E-state index in [2.05, 4.69) is 10.0 Å². The second-order valence-electron chi connectivity index (χ2n) is 4.68. The zero-order valence-electron chi connectivity index (χ0n) is 12.5. The highest BCUT2D eigenvalue weighted by Crippen LogP contribution is 2.11. The molecule has 0 heterocycles. The van der Waals surface area contributed by atoms with Gasteiger partial charge < -0.3 is 10.4 Å². The number of nitrogens with one attached hydrogen (secondary N) is 2. The molecule has 7 nitrogen and oxygen atoms in total. The summed E-state index contributed by atoms with van der Waals surface area (Å²) in [5.41, 5.74) is 0.206. The number of aliphatic carboxylic acids is 1. The molecule has 1 aromatic carbocycles. The Morgan fingerprint density at radius 1 is 1.18 bits per heavy atom. The van der Waals surface area contributed by atoms with Gasteiger partial charge in [-0.25, -0.2) is 17.9 Å². The van der Waals surface area contributed by atoms with Gasteiger partial charge in [-0.05, 0) is 30.7 Å². The van der Waals surface area contributed by atoms with E-state index in [-0.39, 0.29) is 17.0 Å². The van der Waals surface area contributed by atoms with Crippen molar-refractivity contribution in [1.29, 1.82) is 0 Å². The summed E-state index contributed by atoms with van der Waals surface area (Å²) in [6, 6.07) is 4.36. The quantitative estimate of drug-likeness (QED) is 0.658. The lowest BCUT2D eigenvalue weighted by atomic mass is 10.1. The number of carboxylic acids is 1. The molecule has 1 rings (SSSR count). The van der Waals surface area contributed by atoms with Crippen molar-refractivity contribution in [2.45, 2.75) is 37.6 Å². The number of carboxylic acid groups (broad SMARTS) is 1. The summed E-state index contributed by atoms with van der Waals surface area (Å²) < 4.78 is 25.9. The first kappa shape index (κ1) is 18.1. The molecule has 0 bridgehead atoms. The Balaban J connectivity index is 2.86. The third kappa shape index (κ3) is 4.81. The van der Waals surface area contributed by atoms with Gasteiger partial charge in [0, 0.05) is 12.1 Å². The smallest absolute Gasteiger partial charge is 0.326 e. The Labute approximate surface area is 129 Å². The van der Waals surface area contributed by atoms with Gasteiger partial charge in [-0.1, -0.05) is 20.3 Å². The van der Waals surface area contributed by atoms with Crippen molar-refractivity contribution in [1.82, 2.24) is 10.0 Å². The van der Waals surface area contributed by atoms with E-state index in [1.165, 1.54) is 24.3 Å². The molecule has 1 aromatic rings. The Hall–Kier alpha value is -1.93. The first-order valence-electron chi connectivity index (χ1n) is 6.95. The summed E-state index contributed by atoms with van der Waals surface area (Å²) in [5, 5.41) is 11.4. The number of hydrogen-bond donors (Lipinski definition) is 3. The van der Waals surface area contributed by atoms with E-state index in [1.54, 1.807) is 6.92 Å². The maximum absolute atomic E-state index is 12.0. The van der Waals surface area contributed by atoms with Crippen molar-refractivity contribution in [3.63, 3.8) is 0 Å². The molecule has 0 radical (unpaired) electrons. The first-order valence-corrected chi connectivity index (χ1v) is 8.43. The van der Waals surface area contributed by atoms with E-state index >= 15 is 0 Å². The summed E-state index contributed by atoms with van der Waals surface area (Å²) in [5.74, 6) is -1.64. The third-order valence-corrected chi connectivity index (χ3v) is 4.50. The Kier molecular flexibility index (Phi) is 6.51. The minimum absolute atomic E-state index is 0.0502. The summed E-state index contributed by atoms with van der Waals surface area (Å²) in [6.45, 7) is 3.75. The first-order chi connectivity index (χ1) is 10.3. The molecule has 0 aliphatic rings. The molecule has 0 fully saturated rings. The average molecular weight is 328 g/mol. The third-order valence-electron chi connectivity index (χ3n) is 2.94. The summed E-state index contributed by atoms with van der Waals surface area (Å²) >= 11 is 0. The maximum Gasteiger partial charge on any atom is 0.326 e. The van der Waals surface area contributed by atoms with Crippen LogP contribution in [0.5, 0.6) is 0 Å². The van der Waals surface area contributed by atoms with Gasteiger partial charge in [-0.3, -0.25) is 4.79 Å². The highest BCUT2D eigenvalue weighted by Gasteiger charge is 2.20. The zero-order valence-corrected chi connectivity index (χ0v) is 13.3. The molecule has 1 atom stereocenters. The highest BCUT2D eigenvalue weighted by molar-refractivity contribution is 7.89. The Morgan fingerprint density at radius 3 is 2.23 bits per heavy atom. The van der Waals surface area contributed by atoms with Crippen molar-refractivity contribution in [2.24, 2.45) is 0 Å². The Bertz CT molecular complexity index is 625. The number of carbonyl (C=O) groups is 2. The molecule has 0 spiro atoms. The van der Waals surface area contributed by atoms with Crippen LogP contribution in [-0.4, -0.2) is 38.0 Å². The van der Waals surface area contributed by atoms with E-state index in [4.69, 9.17) is 5.11 Å². The monoisotopic (exact) mass is 328 g/mol. The largest absolute Gasteiger partial charge is 0.480 e.